The maximum atomic E-state index is 13.6. The standard InChI is InChI=1S/C34H30ClFN6O/c35-28-7-3-24(4-8-28)2-1-15-41-16-12-34(13-17-41)23-42(33(43)40-21-25-11-14-38-32(36)18-25)31-10-6-26(19-30(31)34)27-5-9-29(20-37)39-22-27/h1-11,14,18-19,22H,12-13,15-17,21,23H2,(H,40,43). The van der Waals surface area contributed by atoms with Gasteiger partial charge in [-0.15, -0.1) is 0 Å². The van der Waals surface area contributed by atoms with Crippen LogP contribution in [-0.4, -0.2) is 47.1 Å². The average Bonchev–Trinajstić information content (AvgIpc) is 3.35. The van der Waals surface area contributed by atoms with Crippen molar-refractivity contribution in [1.82, 2.24) is 20.2 Å². The van der Waals surface area contributed by atoms with Crippen molar-refractivity contribution in [1.29, 1.82) is 5.26 Å². The van der Waals surface area contributed by atoms with Crippen LogP contribution in [0.4, 0.5) is 14.9 Å². The van der Waals surface area contributed by atoms with E-state index in [1.54, 1.807) is 18.3 Å². The van der Waals surface area contributed by atoms with Crippen molar-refractivity contribution in [2.24, 2.45) is 0 Å². The number of rotatable bonds is 6. The molecule has 6 rings (SSSR count). The van der Waals surface area contributed by atoms with Gasteiger partial charge in [-0.3, -0.25) is 9.80 Å². The quantitative estimate of drug-likeness (QED) is 0.256. The summed E-state index contributed by atoms with van der Waals surface area (Å²) in [6.07, 6.45) is 9.23. The molecular formula is C34H30ClFN6O. The summed E-state index contributed by atoms with van der Waals surface area (Å²) in [4.78, 5) is 25.6. The minimum absolute atomic E-state index is 0.193. The number of urea groups is 1. The minimum atomic E-state index is -0.572. The highest BCUT2D eigenvalue weighted by Gasteiger charge is 2.46. The second kappa shape index (κ2) is 12.3. The average molecular weight is 593 g/mol. The van der Waals surface area contributed by atoms with E-state index in [2.05, 4.69) is 44.5 Å². The Bertz CT molecular complexity index is 1690. The van der Waals surface area contributed by atoms with Crippen LogP contribution in [-0.2, 0) is 12.0 Å². The van der Waals surface area contributed by atoms with E-state index in [1.165, 1.54) is 12.3 Å². The van der Waals surface area contributed by atoms with Gasteiger partial charge in [0.05, 0.1) is 0 Å². The van der Waals surface area contributed by atoms with Gasteiger partial charge in [-0.25, -0.2) is 14.8 Å². The zero-order chi connectivity index (χ0) is 29.8. The highest BCUT2D eigenvalue weighted by molar-refractivity contribution is 6.30. The molecule has 1 saturated heterocycles. The van der Waals surface area contributed by atoms with Crippen molar-refractivity contribution in [3.8, 4) is 17.2 Å². The van der Waals surface area contributed by atoms with Crippen molar-refractivity contribution in [3.63, 3.8) is 0 Å². The number of pyridine rings is 2. The fourth-order valence-corrected chi connectivity index (χ4v) is 6.12. The molecule has 2 aliphatic rings. The molecule has 2 aromatic carbocycles. The highest BCUT2D eigenvalue weighted by Crippen LogP contribution is 2.48. The molecule has 1 spiro atoms. The predicted molar refractivity (Wildman–Crippen MR) is 166 cm³/mol. The predicted octanol–water partition coefficient (Wildman–Crippen LogP) is 6.58. The Morgan fingerprint density at radius 2 is 1.84 bits per heavy atom. The Morgan fingerprint density at radius 3 is 2.56 bits per heavy atom. The summed E-state index contributed by atoms with van der Waals surface area (Å²) in [5.74, 6) is -0.572. The number of nitrogens with one attached hydrogen (secondary N) is 1. The topological polar surface area (TPSA) is 85.2 Å². The van der Waals surface area contributed by atoms with Crippen molar-refractivity contribution in [2.75, 3.05) is 31.1 Å². The molecule has 2 aliphatic heterocycles. The number of anilines is 1. The molecule has 0 bridgehead atoms. The summed E-state index contributed by atoms with van der Waals surface area (Å²) < 4.78 is 13.6. The Hall–Kier alpha value is -4.58. The number of hydrogen-bond donors (Lipinski definition) is 1. The number of hydrogen-bond acceptors (Lipinski definition) is 5. The van der Waals surface area contributed by atoms with Gasteiger partial charge in [0.25, 0.3) is 0 Å². The van der Waals surface area contributed by atoms with Crippen LogP contribution >= 0.6 is 11.6 Å². The third kappa shape index (κ3) is 6.29. The molecule has 0 atom stereocenters. The monoisotopic (exact) mass is 592 g/mol. The van der Waals surface area contributed by atoms with Crippen LogP contribution in [0.25, 0.3) is 17.2 Å². The van der Waals surface area contributed by atoms with Gasteiger partial charge >= 0.3 is 6.03 Å². The molecule has 0 radical (unpaired) electrons. The molecule has 7 nitrogen and oxygen atoms in total. The van der Waals surface area contributed by atoms with Crippen LogP contribution < -0.4 is 10.2 Å². The number of nitrogens with zero attached hydrogens (tertiary/aromatic N) is 5. The van der Waals surface area contributed by atoms with E-state index < -0.39 is 5.95 Å². The van der Waals surface area contributed by atoms with Gasteiger partial charge in [0.15, 0.2) is 0 Å². The SMILES string of the molecule is N#Cc1ccc(-c2ccc3c(c2)C2(CCN(CC=Cc4ccc(Cl)cc4)CC2)CN3C(=O)NCc2ccnc(F)c2)cn1. The normalized spacial score (nSPS) is 15.9. The Morgan fingerprint density at radius 1 is 1.05 bits per heavy atom. The van der Waals surface area contributed by atoms with Crippen molar-refractivity contribution in [3.05, 3.63) is 119 Å². The summed E-state index contributed by atoms with van der Waals surface area (Å²) in [7, 11) is 0. The molecule has 2 aromatic heterocycles. The first-order valence-corrected chi connectivity index (χ1v) is 14.6. The number of fused-ring (bicyclic) bond motifs is 2. The van der Waals surface area contributed by atoms with Crippen LogP contribution in [0.15, 0.2) is 85.2 Å². The number of amides is 2. The third-order valence-corrected chi connectivity index (χ3v) is 8.62. The van der Waals surface area contributed by atoms with Crippen molar-refractivity contribution < 1.29 is 9.18 Å². The first-order chi connectivity index (χ1) is 20.9. The zero-order valence-electron chi connectivity index (χ0n) is 23.5. The summed E-state index contributed by atoms with van der Waals surface area (Å²) in [5.41, 5.74) is 5.90. The third-order valence-electron chi connectivity index (χ3n) is 8.37. The largest absolute Gasteiger partial charge is 0.334 e. The number of carbonyl (C=O) groups is 1. The van der Waals surface area contributed by atoms with Crippen molar-refractivity contribution in [2.45, 2.75) is 24.8 Å². The molecule has 2 amide bonds. The number of piperidine rings is 1. The smallest absolute Gasteiger partial charge is 0.322 e. The van der Waals surface area contributed by atoms with Crippen LogP contribution in [0.1, 0.15) is 35.2 Å². The minimum Gasteiger partial charge on any atom is -0.334 e. The van der Waals surface area contributed by atoms with Gasteiger partial charge in [0.1, 0.15) is 11.8 Å². The molecule has 1 fully saturated rings. The molecule has 0 saturated carbocycles. The molecule has 0 aliphatic carbocycles. The molecule has 9 heteroatoms. The molecule has 216 valence electrons. The number of benzene rings is 2. The lowest BCUT2D eigenvalue weighted by Gasteiger charge is -2.39. The van der Waals surface area contributed by atoms with Gasteiger partial charge in [-0.1, -0.05) is 42.0 Å². The second-order valence-corrected chi connectivity index (χ2v) is 11.5. The van der Waals surface area contributed by atoms with Crippen LogP contribution in [0.2, 0.25) is 5.02 Å². The summed E-state index contributed by atoms with van der Waals surface area (Å²) in [5, 5.41) is 12.9. The van der Waals surface area contributed by atoms with E-state index >= 15 is 0 Å². The number of likely N-dealkylation sites (tertiary alicyclic amines) is 1. The Balaban J connectivity index is 1.22. The Kier molecular flexibility index (Phi) is 8.19. The van der Waals surface area contributed by atoms with Crippen LogP contribution in [0, 0.1) is 17.3 Å². The summed E-state index contributed by atoms with van der Waals surface area (Å²) >= 11 is 6.01. The molecular weight excluding hydrogens is 563 g/mol. The van der Waals surface area contributed by atoms with Gasteiger partial charge in [0.2, 0.25) is 5.95 Å². The van der Waals surface area contributed by atoms with E-state index in [0.29, 0.717) is 17.8 Å². The second-order valence-electron chi connectivity index (χ2n) is 11.0. The fraction of sp³-hybridized carbons (Fsp3) is 0.235. The molecule has 0 unspecified atom stereocenters. The van der Waals surface area contributed by atoms with Gasteiger partial charge in [0, 0.05) is 53.7 Å². The summed E-state index contributed by atoms with van der Waals surface area (Å²) in [6.45, 7) is 3.43. The maximum Gasteiger partial charge on any atom is 0.322 e. The van der Waals surface area contributed by atoms with E-state index in [1.807, 2.05) is 47.4 Å². The van der Waals surface area contributed by atoms with Crippen LogP contribution in [0.5, 0.6) is 0 Å². The lowest BCUT2D eigenvalue weighted by atomic mass is 9.73. The fourth-order valence-electron chi connectivity index (χ4n) is 5.99. The van der Waals surface area contributed by atoms with E-state index in [0.717, 1.165) is 65.4 Å². The van der Waals surface area contributed by atoms with Gasteiger partial charge in [-0.2, -0.15) is 9.65 Å². The van der Waals surface area contributed by atoms with Gasteiger partial charge < -0.3 is 5.32 Å². The van der Waals surface area contributed by atoms with Crippen molar-refractivity contribution >= 4 is 29.4 Å². The molecule has 4 aromatic rings. The van der Waals surface area contributed by atoms with E-state index in [-0.39, 0.29) is 18.0 Å². The molecule has 43 heavy (non-hydrogen) atoms. The Labute approximate surface area is 255 Å². The number of halogens is 2. The lowest BCUT2D eigenvalue weighted by molar-refractivity contribution is 0.180. The van der Waals surface area contributed by atoms with E-state index in [4.69, 9.17) is 16.9 Å². The number of aromatic nitrogens is 2. The van der Waals surface area contributed by atoms with E-state index in [9.17, 15) is 9.18 Å². The van der Waals surface area contributed by atoms with Gasteiger partial charge in [-0.05, 0) is 96.7 Å². The zero-order valence-corrected chi connectivity index (χ0v) is 24.3. The number of nitriles is 1. The highest BCUT2D eigenvalue weighted by atomic mass is 35.5. The lowest BCUT2D eigenvalue weighted by Crippen LogP contribution is -2.47. The number of carbonyl (C=O) groups excluding carboxylic acids is 1. The summed E-state index contributed by atoms with van der Waals surface area (Å²) in [6, 6.07) is 22.5. The maximum absolute atomic E-state index is 13.6. The first kappa shape index (κ1) is 28.5. The van der Waals surface area contributed by atoms with Crippen LogP contribution in [0.3, 0.4) is 0 Å². The molecule has 1 N–H and O–H groups in total. The first-order valence-electron chi connectivity index (χ1n) is 14.2. The molecule has 4 heterocycles.